The maximum absolute atomic E-state index is 10.9. The molecule has 0 saturated carbocycles. The van der Waals surface area contributed by atoms with Crippen molar-refractivity contribution in [3.8, 4) is 0 Å². The third-order valence-electron chi connectivity index (χ3n) is 2.66. The second-order valence-corrected chi connectivity index (χ2v) is 3.83. The van der Waals surface area contributed by atoms with Gasteiger partial charge in [0, 0.05) is 18.5 Å². The van der Waals surface area contributed by atoms with Crippen LogP contribution in [0, 0.1) is 10.1 Å². The van der Waals surface area contributed by atoms with Crippen LogP contribution in [0.4, 0.5) is 5.69 Å². The van der Waals surface area contributed by atoms with Gasteiger partial charge in [-0.1, -0.05) is 12.2 Å². The van der Waals surface area contributed by atoms with Crippen LogP contribution in [-0.2, 0) is 0 Å². The van der Waals surface area contributed by atoms with Crippen molar-refractivity contribution in [2.75, 3.05) is 6.54 Å². The van der Waals surface area contributed by atoms with Crippen LogP contribution in [0.3, 0.4) is 0 Å². The number of pyridine rings is 1. The standard InChI is InChI=1S/C13H13N3O2/c14-7-2-1-3-10-4-5-13(16(17)18)12-9-15-8-6-11(10)12/h1,3-6,8-9H,2,7,14H2. The Balaban J connectivity index is 2.57. The van der Waals surface area contributed by atoms with E-state index in [0.717, 1.165) is 17.4 Å². The topological polar surface area (TPSA) is 82.0 Å². The molecule has 0 fully saturated rings. The smallest absolute Gasteiger partial charge is 0.278 e. The molecule has 0 saturated heterocycles. The minimum atomic E-state index is -0.391. The van der Waals surface area contributed by atoms with Gasteiger partial charge >= 0.3 is 0 Å². The number of nitrogens with two attached hydrogens (primary N) is 1. The second-order valence-electron chi connectivity index (χ2n) is 3.83. The number of nitro benzene ring substituents is 1. The second kappa shape index (κ2) is 5.37. The fourth-order valence-electron chi connectivity index (χ4n) is 1.81. The zero-order valence-corrected chi connectivity index (χ0v) is 9.74. The SMILES string of the molecule is NCCC=Cc1ccc([N+](=O)[O-])c2cnccc12. The van der Waals surface area contributed by atoms with Crippen molar-refractivity contribution < 1.29 is 4.92 Å². The summed E-state index contributed by atoms with van der Waals surface area (Å²) in [6, 6.07) is 5.03. The van der Waals surface area contributed by atoms with Gasteiger partial charge in [0.25, 0.3) is 5.69 Å². The first kappa shape index (κ1) is 12.2. The van der Waals surface area contributed by atoms with E-state index in [1.807, 2.05) is 12.2 Å². The molecule has 92 valence electrons. The molecule has 2 rings (SSSR count). The molecule has 0 radical (unpaired) electrons. The van der Waals surface area contributed by atoms with Crippen molar-refractivity contribution in [1.82, 2.24) is 4.98 Å². The lowest BCUT2D eigenvalue weighted by Gasteiger charge is -2.02. The van der Waals surface area contributed by atoms with E-state index in [2.05, 4.69) is 4.98 Å². The van der Waals surface area contributed by atoms with Gasteiger partial charge in [0.1, 0.15) is 0 Å². The quantitative estimate of drug-likeness (QED) is 0.660. The van der Waals surface area contributed by atoms with Gasteiger partial charge in [0.05, 0.1) is 10.3 Å². The first-order valence-electron chi connectivity index (χ1n) is 5.62. The van der Waals surface area contributed by atoms with Crippen molar-refractivity contribution in [3.05, 3.63) is 52.3 Å². The number of nitrogens with zero attached hydrogens (tertiary/aromatic N) is 2. The van der Waals surface area contributed by atoms with Crippen LogP contribution < -0.4 is 5.73 Å². The van der Waals surface area contributed by atoms with Gasteiger partial charge in [-0.15, -0.1) is 0 Å². The first-order chi connectivity index (χ1) is 8.74. The minimum absolute atomic E-state index is 0.0778. The Morgan fingerprint density at radius 1 is 1.33 bits per heavy atom. The average Bonchev–Trinajstić information content (AvgIpc) is 2.38. The predicted octanol–water partition coefficient (Wildman–Crippen LogP) is 2.51. The Kier molecular flexibility index (Phi) is 3.64. The molecule has 1 aromatic heterocycles. The molecule has 0 aliphatic rings. The van der Waals surface area contributed by atoms with Crippen LogP contribution in [-0.4, -0.2) is 16.5 Å². The number of nitro groups is 1. The Morgan fingerprint density at radius 3 is 2.89 bits per heavy atom. The van der Waals surface area contributed by atoms with E-state index in [4.69, 9.17) is 5.73 Å². The van der Waals surface area contributed by atoms with Crippen molar-refractivity contribution in [2.45, 2.75) is 6.42 Å². The van der Waals surface area contributed by atoms with E-state index in [9.17, 15) is 10.1 Å². The zero-order chi connectivity index (χ0) is 13.0. The summed E-state index contributed by atoms with van der Waals surface area (Å²) in [5.41, 5.74) is 6.43. The van der Waals surface area contributed by atoms with Gasteiger partial charge in [-0.3, -0.25) is 15.1 Å². The summed E-state index contributed by atoms with van der Waals surface area (Å²) in [6.45, 7) is 0.586. The number of hydrogen-bond donors (Lipinski definition) is 1. The molecule has 0 aliphatic heterocycles. The molecule has 1 aromatic carbocycles. The van der Waals surface area contributed by atoms with Crippen LogP contribution in [0.5, 0.6) is 0 Å². The Bertz CT molecular complexity index is 608. The van der Waals surface area contributed by atoms with Crippen LogP contribution in [0.15, 0.2) is 36.7 Å². The first-order valence-corrected chi connectivity index (χ1v) is 5.62. The van der Waals surface area contributed by atoms with E-state index in [1.54, 1.807) is 18.3 Å². The molecule has 5 nitrogen and oxygen atoms in total. The number of rotatable bonds is 4. The van der Waals surface area contributed by atoms with Crippen LogP contribution in [0.2, 0.25) is 0 Å². The van der Waals surface area contributed by atoms with Crippen molar-refractivity contribution in [2.24, 2.45) is 5.73 Å². The summed E-state index contributed by atoms with van der Waals surface area (Å²) in [5.74, 6) is 0. The molecular formula is C13H13N3O2. The average molecular weight is 243 g/mol. The maximum Gasteiger partial charge on any atom is 0.278 e. The lowest BCUT2D eigenvalue weighted by Crippen LogP contribution is -1.95. The van der Waals surface area contributed by atoms with Crippen LogP contribution in [0.1, 0.15) is 12.0 Å². The van der Waals surface area contributed by atoms with E-state index >= 15 is 0 Å². The molecule has 0 amide bonds. The van der Waals surface area contributed by atoms with E-state index < -0.39 is 4.92 Å². The highest BCUT2D eigenvalue weighted by molar-refractivity contribution is 5.96. The molecule has 0 spiro atoms. The van der Waals surface area contributed by atoms with Crippen molar-refractivity contribution in [3.63, 3.8) is 0 Å². The van der Waals surface area contributed by atoms with Gasteiger partial charge in [0.2, 0.25) is 0 Å². The lowest BCUT2D eigenvalue weighted by molar-refractivity contribution is -0.383. The largest absolute Gasteiger partial charge is 0.330 e. The van der Waals surface area contributed by atoms with Crippen LogP contribution >= 0.6 is 0 Å². The van der Waals surface area contributed by atoms with Gasteiger partial charge in [0.15, 0.2) is 0 Å². The highest BCUT2D eigenvalue weighted by Gasteiger charge is 2.12. The fraction of sp³-hybridized carbons (Fsp3) is 0.154. The molecule has 0 aliphatic carbocycles. The monoisotopic (exact) mass is 243 g/mol. The predicted molar refractivity (Wildman–Crippen MR) is 71.1 cm³/mol. The Hall–Kier alpha value is -2.27. The molecule has 18 heavy (non-hydrogen) atoms. The van der Waals surface area contributed by atoms with E-state index in [1.165, 1.54) is 12.3 Å². The summed E-state index contributed by atoms with van der Waals surface area (Å²) in [5, 5.41) is 12.3. The van der Waals surface area contributed by atoms with E-state index in [0.29, 0.717) is 11.9 Å². The van der Waals surface area contributed by atoms with Gasteiger partial charge in [-0.05, 0) is 36.0 Å². The number of aromatic nitrogens is 1. The summed E-state index contributed by atoms with van der Waals surface area (Å²) < 4.78 is 0. The zero-order valence-electron chi connectivity index (χ0n) is 9.74. The van der Waals surface area contributed by atoms with Gasteiger partial charge < -0.3 is 5.73 Å². The lowest BCUT2D eigenvalue weighted by atomic mass is 10.0. The highest BCUT2D eigenvalue weighted by atomic mass is 16.6. The van der Waals surface area contributed by atoms with Crippen molar-refractivity contribution >= 4 is 22.5 Å². The number of benzene rings is 1. The van der Waals surface area contributed by atoms with Crippen molar-refractivity contribution in [1.29, 1.82) is 0 Å². The van der Waals surface area contributed by atoms with Gasteiger partial charge in [-0.2, -0.15) is 0 Å². The van der Waals surface area contributed by atoms with Crippen LogP contribution in [0.25, 0.3) is 16.8 Å². The third kappa shape index (κ3) is 2.36. The normalized spacial score (nSPS) is 11.2. The van der Waals surface area contributed by atoms with Gasteiger partial charge in [-0.25, -0.2) is 0 Å². The third-order valence-corrected chi connectivity index (χ3v) is 2.66. The molecule has 0 unspecified atom stereocenters. The summed E-state index contributed by atoms with van der Waals surface area (Å²) in [4.78, 5) is 14.5. The maximum atomic E-state index is 10.9. The van der Waals surface area contributed by atoms with E-state index in [-0.39, 0.29) is 5.69 Å². The molecule has 0 bridgehead atoms. The summed E-state index contributed by atoms with van der Waals surface area (Å²) in [6.07, 6.45) is 7.82. The number of fused-ring (bicyclic) bond motifs is 1. The number of hydrogen-bond acceptors (Lipinski definition) is 4. The molecule has 0 atom stereocenters. The molecule has 2 aromatic rings. The highest BCUT2D eigenvalue weighted by Crippen LogP contribution is 2.28. The fourth-order valence-corrected chi connectivity index (χ4v) is 1.81. The number of non-ortho nitro benzene ring substituents is 1. The molecule has 1 heterocycles. The Labute approximate surface area is 104 Å². The summed E-state index contributed by atoms with van der Waals surface area (Å²) in [7, 11) is 0. The summed E-state index contributed by atoms with van der Waals surface area (Å²) >= 11 is 0. The molecular weight excluding hydrogens is 230 g/mol. The molecule has 5 heteroatoms. The Morgan fingerprint density at radius 2 is 2.17 bits per heavy atom. The minimum Gasteiger partial charge on any atom is -0.330 e. The molecule has 2 N–H and O–H groups in total.